The SMILES string of the molecule is OCc1cc(F)cc(N2CCc3sccc3C2)c1. The first-order valence-electron chi connectivity index (χ1n) is 5.97. The van der Waals surface area contributed by atoms with Crippen LogP contribution in [0.5, 0.6) is 0 Å². The maximum atomic E-state index is 13.5. The van der Waals surface area contributed by atoms with Crippen molar-refractivity contribution in [3.63, 3.8) is 0 Å². The van der Waals surface area contributed by atoms with Gasteiger partial charge >= 0.3 is 0 Å². The summed E-state index contributed by atoms with van der Waals surface area (Å²) in [5.41, 5.74) is 2.82. The third-order valence-electron chi connectivity index (χ3n) is 3.30. The molecule has 2 nitrogen and oxygen atoms in total. The summed E-state index contributed by atoms with van der Waals surface area (Å²) in [6.45, 7) is 1.61. The molecule has 1 aliphatic rings. The van der Waals surface area contributed by atoms with E-state index >= 15 is 0 Å². The van der Waals surface area contributed by atoms with Crippen molar-refractivity contribution >= 4 is 17.0 Å². The molecule has 18 heavy (non-hydrogen) atoms. The molecule has 0 atom stereocenters. The third kappa shape index (κ3) is 2.13. The van der Waals surface area contributed by atoms with Gasteiger partial charge in [-0.15, -0.1) is 11.3 Å². The Balaban J connectivity index is 1.90. The molecule has 0 amide bonds. The zero-order valence-corrected chi connectivity index (χ0v) is 10.7. The van der Waals surface area contributed by atoms with E-state index in [9.17, 15) is 4.39 Å². The lowest BCUT2D eigenvalue weighted by atomic mass is 10.1. The fourth-order valence-electron chi connectivity index (χ4n) is 2.38. The summed E-state index contributed by atoms with van der Waals surface area (Å²) < 4.78 is 13.5. The fourth-order valence-corrected chi connectivity index (χ4v) is 3.27. The molecule has 2 heterocycles. The van der Waals surface area contributed by atoms with Crippen LogP contribution in [0.2, 0.25) is 0 Å². The highest BCUT2D eigenvalue weighted by atomic mass is 32.1. The zero-order chi connectivity index (χ0) is 12.5. The van der Waals surface area contributed by atoms with Crippen LogP contribution in [0, 0.1) is 5.82 Å². The Morgan fingerprint density at radius 3 is 3.06 bits per heavy atom. The van der Waals surface area contributed by atoms with Gasteiger partial charge in [0.15, 0.2) is 0 Å². The molecule has 3 rings (SSSR count). The van der Waals surface area contributed by atoms with E-state index in [0.717, 1.165) is 25.2 Å². The Kier molecular flexibility index (Phi) is 3.06. The van der Waals surface area contributed by atoms with Crippen molar-refractivity contribution in [2.75, 3.05) is 11.4 Å². The molecule has 1 aromatic carbocycles. The Hall–Kier alpha value is -1.39. The highest BCUT2D eigenvalue weighted by molar-refractivity contribution is 7.10. The summed E-state index contributed by atoms with van der Waals surface area (Å²) in [4.78, 5) is 3.60. The molecular formula is C14H14FNOS. The van der Waals surface area contributed by atoms with Gasteiger partial charge < -0.3 is 10.0 Å². The predicted octanol–water partition coefficient (Wildman–Crippen LogP) is 2.94. The number of rotatable bonds is 2. The van der Waals surface area contributed by atoms with E-state index < -0.39 is 0 Å². The van der Waals surface area contributed by atoms with Gasteiger partial charge in [-0.1, -0.05) is 0 Å². The average molecular weight is 263 g/mol. The van der Waals surface area contributed by atoms with E-state index in [1.807, 2.05) is 6.07 Å². The maximum Gasteiger partial charge on any atom is 0.125 e. The van der Waals surface area contributed by atoms with Gasteiger partial charge in [0.1, 0.15) is 5.82 Å². The van der Waals surface area contributed by atoms with Gasteiger partial charge in [0, 0.05) is 23.7 Å². The summed E-state index contributed by atoms with van der Waals surface area (Å²) in [6.07, 6.45) is 1.01. The lowest BCUT2D eigenvalue weighted by Crippen LogP contribution is -2.29. The molecular weight excluding hydrogens is 249 g/mol. The smallest absolute Gasteiger partial charge is 0.125 e. The van der Waals surface area contributed by atoms with Crippen LogP contribution in [0.25, 0.3) is 0 Å². The van der Waals surface area contributed by atoms with Gasteiger partial charge in [-0.3, -0.25) is 0 Å². The van der Waals surface area contributed by atoms with Crippen molar-refractivity contribution < 1.29 is 9.50 Å². The van der Waals surface area contributed by atoms with Gasteiger partial charge in [0.2, 0.25) is 0 Å². The second-order valence-corrected chi connectivity index (χ2v) is 5.52. The molecule has 0 fully saturated rings. The van der Waals surface area contributed by atoms with E-state index in [0.29, 0.717) is 5.56 Å². The van der Waals surface area contributed by atoms with Crippen LogP contribution in [0.3, 0.4) is 0 Å². The summed E-state index contributed by atoms with van der Waals surface area (Å²) in [5.74, 6) is -0.285. The summed E-state index contributed by atoms with van der Waals surface area (Å²) >= 11 is 1.79. The maximum absolute atomic E-state index is 13.5. The molecule has 94 valence electrons. The van der Waals surface area contributed by atoms with Gasteiger partial charge in [0.05, 0.1) is 6.61 Å². The van der Waals surface area contributed by atoms with E-state index in [1.165, 1.54) is 22.6 Å². The lowest BCUT2D eigenvalue weighted by Gasteiger charge is -2.29. The average Bonchev–Trinajstić information content (AvgIpc) is 2.85. The molecule has 1 aliphatic heterocycles. The Morgan fingerprint density at radius 2 is 2.22 bits per heavy atom. The largest absolute Gasteiger partial charge is 0.392 e. The molecule has 2 aromatic rings. The van der Waals surface area contributed by atoms with Crippen LogP contribution in [0.1, 0.15) is 16.0 Å². The Morgan fingerprint density at radius 1 is 1.33 bits per heavy atom. The van der Waals surface area contributed by atoms with Crippen molar-refractivity contribution in [3.05, 3.63) is 51.5 Å². The number of aliphatic hydroxyl groups is 1. The van der Waals surface area contributed by atoms with Crippen molar-refractivity contribution in [2.24, 2.45) is 0 Å². The Bertz CT molecular complexity index is 567. The van der Waals surface area contributed by atoms with Gasteiger partial charge in [0.25, 0.3) is 0 Å². The molecule has 1 N–H and O–H groups in total. The molecule has 1 aromatic heterocycles. The van der Waals surface area contributed by atoms with Crippen LogP contribution < -0.4 is 4.90 Å². The molecule has 0 saturated carbocycles. The number of anilines is 1. The minimum absolute atomic E-state index is 0.123. The number of hydrogen-bond acceptors (Lipinski definition) is 3. The second-order valence-electron chi connectivity index (χ2n) is 4.52. The molecule has 0 aliphatic carbocycles. The second kappa shape index (κ2) is 4.71. The van der Waals surface area contributed by atoms with E-state index in [4.69, 9.17) is 5.11 Å². The van der Waals surface area contributed by atoms with Gasteiger partial charge in [-0.25, -0.2) is 4.39 Å². The summed E-state index contributed by atoms with van der Waals surface area (Å²) in [5, 5.41) is 11.2. The first-order valence-corrected chi connectivity index (χ1v) is 6.85. The quantitative estimate of drug-likeness (QED) is 0.900. The normalized spacial score (nSPS) is 14.7. The Labute approximate surface area is 109 Å². The van der Waals surface area contributed by atoms with Crippen LogP contribution >= 0.6 is 11.3 Å². The molecule has 0 radical (unpaired) electrons. The van der Waals surface area contributed by atoms with E-state index in [2.05, 4.69) is 16.3 Å². The topological polar surface area (TPSA) is 23.5 Å². The monoisotopic (exact) mass is 263 g/mol. The van der Waals surface area contributed by atoms with Crippen LogP contribution in [0.4, 0.5) is 10.1 Å². The standard InChI is InChI=1S/C14H14FNOS/c15-12-5-10(9-17)6-13(7-12)16-3-1-14-11(8-16)2-4-18-14/h2,4-7,17H,1,3,8-9H2. The minimum Gasteiger partial charge on any atom is -0.392 e. The first kappa shape index (κ1) is 11.7. The number of thiophene rings is 1. The number of benzene rings is 1. The molecule has 0 spiro atoms. The van der Waals surface area contributed by atoms with Crippen molar-refractivity contribution in [2.45, 2.75) is 19.6 Å². The molecule has 0 unspecified atom stereocenters. The number of nitrogens with zero attached hydrogens (tertiary/aromatic N) is 1. The fraction of sp³-hybridized carbons (Fsp3) is 0.286. The lowest BCUT2D eigenvalue weighted by molar-refractivity contribution is 0.281. The molecule has 0 saturated heterocycles. The molecule has 4 heteroatoms. The first-order chi connectivity index (χ1) is 8.76. The number of halogens is 1. The van der Waals surface area contributed by atoms with Gasteiger partial charge in [-0.2, -0.15) is 0 Å². The highest BCUT2D eigenvalue weighted by Crippen LogP contribution is 2.28. The van der Waals surface area contributed by atoms with E-state index in [-0.39, 0.29) is 12.4 Å². The number of fused-ring (bicyclic) bond motifs is 1. The van der Waals surface area contributed by atoms with Crippen LogP contribution in [0.15, 0.2) is 29.6 Å². The van der Waals surface area contributed by atoms with Crippen molar-refractivity contribution in [1.29, 1.82) is 0 Å². The minimum atomic E-state index is -0.285. The highest BCUT2D eigenvalue weighted by Gasteiger charge is 2.18. The predicted molar refractivity (Wildman–Crippen MR) is 71.4 cm³/mol. The van der Waals surface area contributed by atoms with E-state index in [1.54, 1.807) is 11.3 Å². The number of aliphatic hydroxyl groups excluding tert-OH is 1. The van der Waals surface area contributed by atoms with Crippen molar-refractivity contribution in [1.82, 2.24) is 0 Å². The number of hydrogen-bond donors (Lipinski definition) is 1. The summed E-state index contributed by atoms with van der Waals surface area (Å²) in [6, 6.07) is 6.92. The molecule has 0 bridgehead atoms. The van der Waals surface area contributed by atoms with Crippen LogP contribution in [-0.4, -0.2) is 11.7 Å². The van der Waals surface area contributed by atoms with Crippen LogP contribution in [-0.2, 0) is 19.6 Å². The summed E-state index contributed by atoms with van der Waals surface area (Å²) in [7, 11) is 0. The zero-order valence-electron chi connectivity index (χ0n) is 9.90. The third-order valence-corrected chi connectivity index (χ3v) is 4.32. The van der Waals surface area contributed by atoms with Gasteiger partial charge in [-0.05, 0) is 47.2 Å². The van der Waals surface area contributed by atoms with Crippen molar-refractivity contribution in [3.8, 4) is 0 Å².